The van der Waals surface area contributed by atoms with Gasteiger partial charge in [0.15, 0.2) is 0 Å². The van der Waals surface area contributed by atoms with Crippen molar-refractivity contribution in [1.29, 1.82) is 0 Å². The summed E-state index contributed by atoms with van der Waals surface area (Å²) in [5.41, 5.74) is 0.838. The molecule has 0 aliphatic heterocycles. The zero-order valence-corrected chi connectivity index (χ0v) is 10.4. The van der Waals surface area contributed by atoms with Gasteiger partial charge < -0.3 is 5.11 Å². The predicted molar refractivity (Wildman–Crippen MR) is 61.1 cm³/mol. The van der Waals surface area contributed by atoms with Crippen LogP contribution in [0.2, 0.25) is 0 Å². The van der Waals surface area contributed by atoms with E-state index in [4.69, 9.17) is 0 Å². The van der Waals surface area contributed by atoms with Gasteiger partial charge in [0.1, 0.15) is 0 Å². The minimum Gasteiger partial charge on any atom is -0.392 e. The molecule has 1 aromatic heterocycles. The van der Waals surface area contributed by atoms with E-state index >= 15 is 0 Å². The molecule has 3 heteroatoms. The average molecular weight is 258 g/mol. The molecule has 0 spiro atoms. The number of rotatable bonds is 2. The maximum Gasteiger partial charge on any atom is 0.0643 e. The summed E-state index contributed by atoms with van der Waals surface area (Å²) >= 11 is 3.33. The third-order valence-corrected chi connectivity index (χ3v) is 2.66. The third-order valence-electron chi connectivity index (χ3n) is 2.19. The van der Waals surface area contributed by atoms with E-state index in [1.165, 1.54) is 0 Å². The maximum atomic E-state index is 9.86. The van der Waals surface area contributed by atoms with Crippen molar-refractivity contribution in [3.05, 3.63) is 28.5 Å². The van der Waals surface area contributed by atoms with Crippen LogP contribution in [0.5, 0.6) is 0 Å². The molecule has 0 fully saturated rings. The quantitative estimate of drug-likeness (QED) is 0.884. The van der Waals surface area contributed by atoms with E-state index in [9.17, 15) is 5.11 Å². The molecule has 1 unspecified atom stereocenters. The van der Waals surface area contributed by atoms with Crippen LogP contribution in [0.3, 0.4) is 0 Å². The van der Waals surface area contributed by atoms with E-state index in [2.05, 4.69) is 20.9 Å². The molecule has 2 nitrogen and oxygen atoms in total. The Bertz CT molecular complexity index is 289. The fraction of sp³-hybridized carbons (Fsp3) is 0.545. The van der Waals surface area contributed by atoms with Crippen LogP contribution in [0.1, 0.15) is 26.5 Å². The first kappa shape index (κ1) is 11.7. The second kappa shape index (κ2) is 4.41. The Morgan fingerprint density at radius 1 is 1.43 bits per heavy atom. The van der Waals surface area contributed by atoms with Crippen LogP contribution in [-0.2, 0) is 6.42 Å². The Balaban J connectivity index is 2.65. The predicted octanol–water partition coefficient (Wildman–Crippen LogP) is 2.79. The van der Waals surface area contributed by atoms with E-state index in [1.54, 1.807) is 6.20 Å². The van der Waals surface area contributed by atoms with Crippen molar-refractivity contribution in [2.45, 2.75) is 33.3 Å². The molecule has 1 aromatic rings. The minimum absolute atomic E-state index is 0.0885. The van der Waals surface area contributed by atoms with Gasteiger partial charge in [0, 0.05) is 22.8 Å². The van der Waals surface area contributed by atoms with Gasteiger partial charge in [-0.2, -0.15) is 0 Å². The second-order valence-electron chi connectivity index (χ2n) is 4.55. The molecule has 1 rings (SSSR count). The molecule has 0 saturated carbocycles. The molecule has 1 atom stereocenters. The Labute approximate surface area is 93.5 Å². The first-order valence-corrected chi connectivity index (χ1v) is 5.47. The van der Waals surface area contributed by atoms with Gasteiger partial charge >= 0.3 is 0 Å². The van der Waals surface area contributed by atoms with E-state index in [0.717, 1.165) is 10.2 Å². The van der Waals surface area contributed by atoms with Crippen LogP contribution in [0.25, 0.3) is 0 Å². The molecule has 1 heterocycles. The number of nitrogens with zero attached hydrogens (tertiary/aromatic N) is 1. The summed E-state index contributed by atoms with van der Waals surface area (Å²) in [5.74, 6) is 0. The number of halogens is 1. The highest BCUT2D eigenvalue weighted by Gasteiger charge is 2.22. The lowest BCUT2D eigenvalue weighted by Gasteiger charge is -2.25. The van der Waals surface area contributed by atoms with Crippen molar-refractivity contribution < 1.29 is 5.11 Å². The standard InChI is InChI=1S/C11H16BrNO/c1-11(2,3)10(14)6-9-5-4-8(12)7-13-9/h4-5,7,10,14H,6H2,1-3H3. The first-order valence-electron chi connectivity index (χ1n) is 4.68. The fourth-order valence-electron chi connectivity index (χ4n) is 1.03. The van der Waals surface area contributed by atoms with Gasteiger partial charge in [-0.15, -0.1) is 0 Å². The summed E-state index contributed by atoms with van der Waals surface area (Å²) in [7, 11) is 0. The largest absolute Gasteiger partial charge is 0.392 e. The normalized spacial score (nSPS) is 14.1. The molecular formula is C11H16BrNO. The van der Waals surface area contributed by atoms with Crippen LogP contribution in [0.4, 0.5) is 0 Å². The van der Waals surface area contributed by atoms with Gasteiger partial charge in [0.2, 0.25) is 0 Å². The first-order chi connectivity index (χ1) is 6.39. The van der Waals surface area contributed by atoms with Gasteiger partial charge in [0.25, 0.3) is 0 Å². The summed E-state index contributed by atoms with van der Waals surface area (Å²) in [6.45, 7) is 6.07. The second-order valence-corrected chi connectivity index (χ2v) is 5.47. The van der Waals surface area contributed by atoms with Crippen molar-refractivity contribution in [2.75, 3.05) is 0 Å². The lowest BCUT2D eigenvalue weighted by atomic mass is 9.86. The number of hydrogen-bond donors (Lipinski definition) is 1. The third kappa shape index (κ3) is 3.39. The SMILES string of the molecule is CC(C)(C)C(O)Cc1ccc(Br)cn1. The summed E-state index contributed by atoms with van der Waals surface area (Å²) in [5, 5.41) is 9.86. The molecular weight excluding hydrogens is 242 g/mol. The lowest BCUT2D eigenvalue weighted by Crippen LogP contribution is -2.28. The van der Waals surface area contributed by atoms with Crippen LogP contribution in [0.15, 0.2) is 22.8 Å². The fourth-order valence-corrected chi connectivity index (χ4v) is 1.27. The molecule has 0 radical (unpaired) electrons. The molecule has 0 aliphatic carbocycles. The van der Waals surface area contributed by atoms with Gasteiger partial charge in [-0.1, -0.05) is 20.8 Å². The maximum absolute atomic E-state index is 9.86. The zero-order valence-electron chi connectivity index (χ0n) is 8.79. The van der Waals surface area contributed by atoms with Crippen molar-refractivity contribution in [2.24, 2.45) is 5.41 Å². The Morgan fingerprint density at radius 2 is 2.07 bits per heavy atom. The molecule has 14 heavy (non-hydrogen) atoms. The minimum atomic E-state index is -0.351. The number of pyridine rings is 1. The average Bonchev–Trinajstić information content (AvgIpc) is 2.07. The van der Waals surface area contributed by atoms with Crippen LogP contribution in [0, 0.1) is 5.41 Å². The van der Waals surface area contributed by atoms with E-state index < -0.39 is 0 Å². The molecule has 0 aliphatic rings. The molecule has 0 amide bonds. The van der Waals surface area contributed by atoms with Crippen LogP contribution >= 0.6 is 15.9 Å². The Hall–Kier alpha value is -0.410. The Morgan fingerprint density at radius 3 is 2.50 bits per heavy atom. The van der Waals surface area contributed by atoms with Crippen LogP contribution < -0.4 is 0 Å². The highest BCUT2D eigenvalue weighted by atomic mass is 79.9. The summed E-state index contributed by atoms with van der Waals surface area (Å²) in [4.78, 5) is 4.22. The highest BCUT2D eigenvalue weighted by molar-refractivity contribution is 9.10. The van der Waals surface area contributed by atoms with Crippen molar-refractivity contribution in [3.63, 3.8) is 0 Å². The summed E-state index contributed by atoms with van der Waals surface area (Å²) < 4.78 is 0.964. The molecule has 1 N–H and O–H groups in total. The van der Waals surface area contributed by atoms with E-state index in [0.29, 0.717) is 6.42 Å². The molecule has 0 aromatic carbocycles. The van der Waals surface area contributed by atoms with Crippen LogP contribution in [-0.4, -0.2) is 16.2 Å². The van der Waals surface area contributed by atoms with E-state index in [1.807, 2.05) is 32.9 Å². The smallest absolute Gasteiger partial charge is 0.0643 e. The van der Waals surface area contributed by atoms with Gasteiger partial charge in [-0.05, 0) is 33.5 Å². The highest BCUT2D eigenvalue weighted by Crippen LogP contribution is 2.22. The van der Waals surface area contributed by atoms with Crippen molar-refractivity contribution in [3.8, 4) is 0 Å². The zero-order chi connectivity index (χ0) is 10.8. The summed E-state index contributed by atoms with van der Waals surface area (Å²) in [6.07, 6.45) is 2.01. The van der Waals surface area contributed by atoms with Gasteiger partial charge in [-0.25, -0.2) is 0 Å². The van der Waals surface area contributed by atoms with Crippen molar-refractivity contribution >= 4 is 15.9 Å². The number of aliphatic hydroxyl groups excluding tert-OH is 1. The molecule has 78 valence electrons. The van der Waals surface area contributed by atoms with E-state index in [-0.39, 0.29) is 11.5 Å². The number of hydrogen-bond acceptors (Lipinski definition) is 2. The monoisotopic (exact) mass is 257 g/mol. The Kier molecular flexibility index (Phi) is 3.67. The number of aromatic nitrogens is 1. The number of aliphatic hydroxyl groups is 1. The van der Waals surface area contributed by atoms with Gasteiger partial charge in [-0.3, -0.25) is 4.98 Å². The molecule has 0 saturated heterocycles. The summed E-state index contributed by atoms with van der Waals surface area (Å²) in [6, 6.07) is 3.87. The van der Waals surface area contributed by atoms with Crippen molar-refractivity contribution in [1.82, 2.24) is 4.98 Å². The molecule has 0 bridgehead atoms. The lowest BCUT2D eigenvalue weighted by molar-refractivity contribution is 0.0628. The van der Waals surface area contributed by atoms with Gasteiger partial charge in [0.05, 0.1) is 6.10 Å². The topological polar surface area (TPSA) is 33.1 Å².